The molecule has 30 heavy (non-hydrogen) atoms. The van der Waals surface area contributed by atoms with Crippen LogP contribution in [0.2, 0.25) is 0 Å². The Bertz CT molecular complexity index is 892. The van der Waals surface area contributed by atoms with E-state index in [4.69, 9.17) is 9.47 Å². The third-order valence-corrected chi connectivity index (χ3v) is 7.04. The number of fused-ring (bicyclic) bond motifs is 1. The number of thiophene rings is 1. The van der Waals surface area contributed by atoms with Gasteiger partial charge in [0.2, 0.25) is 11.8 Å². The summed E-state index contributed by atoms with van der Waals surface area (Å²) in [5.74, 6) is -1.59. The first-order valence-corrected chi connectivity index (χ1v) is 11.6. The predicted octanol–water partition coefficient (Wildman–Crippen LogP) is 2.72. The van der Waals surface area contributed by atoms with Gasteiger partial charge in [0.15, 0.2) is 0 Å². The number of carbonyl (C=O) groups is 4. The average molecular weight is 453 g/mol. The summed E-state index contributed by atoms with van der Waals surface area (Å²) in [5, 5.41) is 3.61. The molecule has 0 aromatic carbocycles. The van der Waals surface area contributed by atoms with Gasteiger partial charge >= 0.3 is 11.9 Å². The maximum absolute atomic E-state index is 12.7. The molecule has 8 nitrogen and oxygen atoms in total. The van der Waals surface area contributed by atoms with Crippen LogP contribution in [0.25, 0.3) is 0 Å². The Morgan fingerprint density at radius 2 is 1.97 bits per heavy atom. The van der Waals surface area contributed by atoms with Crippen LogP contribution in [0.3, 0.4) is 0 Å². The molecule has 1 aliphatic carbocycles. The number of nitrogens with one attached hydrogen (secondary N) is 1. The van der Waals surface area contributed by atoms with Gasteiger partial charge in [-0.3, -0.25) is 14.5 Å². The zero-order chi connectivity index (χ0) is 21.7. The van der Waals surface area contributed by atoms with Crippen LogP contribution in [-0.2, 0) is 36.7 Å². The number of rotatable bonds is 6. The lowest BCUT2D eigenvalue weighted by molar-refractivity contribution is -0.137. The van der Waals surface area contributed by atoms with Crippen LogP contribution in [0.5, 0.6) is 0 Å². The molecule has 1 saturated heterocycles. The number of amides is 2. The second-order valence-electron chi connectivity index (χ2n) is 6.81. The van der Waals surface area contributed by atoms with Crippen LogP contribution in [0.15, 0.2) is 11.1 Å². The van der Waals surface area contributed by atoms with Crippen molar-refractivity contribution in [2.24, 2.45) is 0 Å². The quantitative estimate of drug-likeness (QED) is 0.402. The molecule has 0 spiro atoms. The van der Waals surface area contributed by atoms with Gasteiger partial charge in [0, 0.05) is 4.88 Å². The Morgan fingerprint density at radius 3 is 2.70 bits per heavy atom. The molecule has 2 heterocycles. The minimum absolute atomic E-state index is 0.152. The number of anilines is 1. The van der Waals surface area contributed by atoms with E-state index >= 15 is 0 Å². The minimum Gasteiger partial charge on any atom is -0.465 e. The highest BCUT2D eigenvalue weighted by atomic mass is 32.2. The molecule has 0 unspecified atom stereocenters. The molecular weight excluding hydrogens is 428 g/mol. The maximum atomic E-state index is 12.7. The number of ether oxygens (including phenoxy) is 2. The van der Waals surface area contributed by atoms with E-state index in [9.17, 15) is 19.2 Å². The molecule has 1 fully saturated rings. The van der Waals surface area contributed by atoms with Crippen molar-refractivity contribution < 1.29 is 28.7 Å². The Labute approximate surface area is 183 Å². The van der Waals surface area contributed by atoms with Crippen molar-refractivity contribution >= 4 is 51.9 Å². The monoisotopic (exact) mass is 452 g/mol. The molecular formula is C20H24N2O6S2. The van der Waals surface area contributed by atoms with Crippen LogP contribution >= 0.6 is 23.1 Å². The van der Waals surface area contributed by atoms with Gasteiger partial charge in [0.05, 0.1) is 36.1 Å². The maximum Gasteiger partial charge on any atom is 0.341 e. The number of methoxy groups -OCH3 is 1. The molecule has 0 atom stereocenters. The number of carbonyl (C=O) groups excluding carboxylic acids is 4. The van der Waals surface area contributed by atoms with Crippen molar-refractivity contribution in [3.8, 4) is 0 Å². The lowest BCUT2D eigenvalue weighted by Crippen LogP contribution is -2.34. The summed E-state index contributed by atoms with van der Waals surface area (Å²) in [4.78, 5) is 51.4. The van der Waals surface area contributed by atoms with Crippen LogP contribution in [0.1, 0.15) is 47.0 Å². The van der Waals surface area contributed by atoms with Crippen LogP contribution < -0.4 is 5.32 Å². The van der Waals surface area contributed by atoms with Crippen molar-refractivity contribution in [2.45, 2.75) is 39.0 Å². The summed E-state index contributed by atoms with van der Waals surface area (Å²) in [6.45, 7) is 1.66. The van der Waals surface area contributed by atoms with Crippen molar-refractivity contribution in [3.63, 3.8) is 0 Å². The van der Waals surface area contributed by atoms with E-state index in [0.717, 1.165) is 42.5 Å². The fourth-order valence-corrected chi connectivity index (χ4v) is 5.67. The van der Waals surface area contributed by atoms with Gasteiger partial charge < -0.3 is 14.8 Å². The molecule has 1 N–H and O–H groups in total. The van der Waals surface area contributed by atoms with E-state index in [-0.39, 0.29) is 24.8 Å². The summed E-state index contributed by atoms with van der Waals surface area (Å²) in [6.07, 6.45) is 6.01. The summed E-state index contributed by atoms with van der Waals surface area (Å²) in [5.41, 5.74) is 1.37. The van der Waals surface area contributed by atoms with Gasteiger partial charge in [-0.15, -0.1) is 11.3 Å². The fraction of sp³-hybridized carbons (Fsp3) is 0.500. The summed E-state index contributed by atoms with van der Waals surface area (Å²) in [7, 11) is 1.32. The Balaban J connectivity index is 1.78. The second kappa shape index (κ2) is 10.1. The van der Waals surface area contributed by atoms with Gasteiger partial charge in [-0.05, 0) is 38.2 Å². The van der Waals surface area contributed by atoms with Gasteiger partial charge in [-0.2, -0.15) is 0 Å². The first kappa shape index (κ1) is 22.4. The summed E-state index contributed by atoms with van der Waals surface area (Å²) >= 11 is 2.58. The van der Waals surface area contributed by atoms with Gasteiger partial charge in [-0.25, -0.2) is 9.59 Å². The Kier molecular flexibility index (Phi) is 7.54. The highest BCUT2D eigenvalue weighted by Gasteiger charge is 2.31. The van der Waals surface area contributed by atoms with E-state index in [1.807, 2.05) is 0 Å². The van der Waals surface area contributed by atoms with E-state index in [1.54, 1.807) is 6.92 Å². The predicted molar refractivity (Wildman–Crippen MR) is 114 cm³/mol. The van der Waals surface area contributed by atoms with Crippen LogP contribution in [-0.4, -0.2) is 54.7 Å². The zero-order valence-electron chi connectivity index (χ0n) is 16.9. The third kappa shape index (κ3) is 5.04. The lowest BCUT2D eigenvalue weighted by atomic mass is 10.1. The molecule has 1 aliphatic heterocycles. The number of thioether (sulfide) groups is 1. The molecule has 0 bridgehead atoms. The average Bonchev–Trinajstić information content (AvgIpc) is 3.11. The Morgan fingerprint density at radius 1 is 1.20 bits per heavy atom. The Hall–Kier alpha value is -2.33. The van der Waals surface area contributed by atoms with Crippen molar-refractivity contribution in [1.29, 1.82) is 0 Å². The van der Waals surface area contributed by atoms with E-state index < -0.39 is 17.8 Å². The molecule has 2 amide bonds. The standard InChI is InChI=1S/C20H24N2O6S2/c1-3-28-17(25)9-16-22(15(24)11-29-16)10-14(23)21-19-18(20(26)27-2)12-7-5-4-6-8-13(12)30-19/h9H,3-8,10-11H2,1-2H3,(H,21,23)/b16-9-. The highest BCUT2D eigenvalue weighted by Crippen LogP contribution is 2.38. The summed E-state index contributed by atoms with van der Waals surface area (Å²) in [6, 6.07) is 0. The van der Waals surface area contributed by atoms with Crippen molar-refractivity contribution in [1.82, 2.24) is 4.90 Å². The molecule has 1 aromatic heterocycles. The zero-order valence-corrected chi connectivity index (χ0v) is 18.6. The summed E-state index contributed by atoms with van der Waals surface area (Å²) < 4.78 is 9.83. The van der Waals surface area contributed by atoms with E-state index in [0.29, 0.717) is 15.6 Å². The number of nitrogens with zero attached hydrogens (tertiary/aromatic N) is 1. The molecule has 10 heteroatoms. The topological polar surface area (TPSA) is 102 Å². The van der Waals surface area contributed by atoms with E-state index in [1.165, 1.54) is 41.2 Å². The largest absolute Gasteiger partial charge is 0.465 e. The lowest BCUT2D eigenvalue weighted by Gasteiger charge is -2.16. The van der Waals surface area contributed by atoms with Crippen LogP contribution in [0.4, 0.5) is 5.00 Å². The molecule has 0 radical (unpaired) electrons. The molecule has 1 aromatic rings. The normalized spacial score (nSPS) is 17.5. The molecule has 3 rings (SSSR count). The van der Waals surface area contributed by atoms with Gasteiger partial charge in [0.1, 0.15) is 11.5 Å². The van der Waals surface area contributed by atoms with Crippen molar-refractivity contribution in [2.75, 3.05) is 31.3 Å². The van der Waals surface area contributed by atoms with Gasteiger partial charge in [-0.1, -0.05) is 18.2 Å². The first-order chi connectivity index (χ1) is 14.4. The number of hydrogen-bond acceptors (Lipinski definition) is 8. The molecule has 162 valence electrons. The highest BCUT2D eigenvalue weighted by molar-refractivity contribution is 8.04. The second-order valence-corrected chi connectivity index (χ2v) is 8.91. The number of esters is 2. The molecule has 2 aliphatic rings. The smallest absolute Gasteiger partial charge is 0.341 e. The fourth-order valence-electron chi connectivity index (χ4n) is 3.44. The molecule has 0 saturated carbocycles. The first-order valence-electron chi connectivity index (χ1n) is 9.78. The van der Waals surface area contributed by atoms with E-state index in [2.05, 4.69) is 5.32 Å². The number of hydrogen-bond donors (Lipinski definition) is 1. The van der Waals surface area contributed by atoms with Crippen LogP contribution in [0, 0.1) is 0 Å². The number of aryl methyl sites for hydroxylation is 1. The minimum atomic E-state index is -0.560. The SMILES string of the molecule is CCOC(=O)/C=C1\SCC(=O)N1CC(=O)Nc1sc2c(c1C(=O)OC)CCCCC2. The van der Waals surface area contributed by atoms with Crippen molar-refractivity contribution in [3.05, 3.63) is 27.1 Å². The van der Waals surface area contributed by atoms with Gasteiger partial charge in [0.25, 0.3) is 0 Å². The third-order valence-electron chi connectivity index (χ3n) is 4.80.